The number of aliphatic carboxylic acids is 1. The summed E-state index contributed by atoms with van der Waals surface area (Å²) in [5, 5.41) is 19.1. The van der Waals surface area contributed by atoms with E-state index in [0.29, 0.717) is 19.4 Å². The first kappa shape index (κ1) is 18.9. The molecule has 1 heterocycles. The molecule has 0 unspecified atom stereocenters. The van der Waals surface area contributed by atoms with E-state index in [1.807, 2.05) is 43.3 Å². The number of phenols is 1. The molecule has 6 nitrogen and oxygen atoms in total. The summed E-state index contributed by atoms with van der Waals surface area (Å²) in [6, 6.07) is 13.0. The molecule has 1 amide bonds. The SMILES string of the molecule is CN(C)[C@@H](Cc1ccc(O)cc1)C(=O)N1Cc2ccccc2C[C@H]1C(=O)O. The molecular weight excluding hydrogens is 344 g/mol. The predicted octanol–water partition coefficient (Wildman–Crippen LogP) is 1.90. The van der Waals surface area contributed by atoms with E-state index >= 15 is 0 Å². The second-order valence-corrected chi connectivity index (χ2v) is 7.14. The van der Waals surface area contributed by atoms with Crippen LogP contribution in [0.3, 0.4) is 0 Å². The third-order valence-electron chi connectivity index (χ3n) is 5.09. The van der Waals surface area contributed by atoms with Crippen LogP contribution in [0.25, 0.3) is 0 Å². The number of likely N-dealkylation sites (N-methyl/N-ethyl adjacent to an activating group) is 1. The van der Waals surface area contributed by atoms with Gasteiger partial charge >= 0.3 is 5.97 Å². The molecule has 2 N–H and O–H groups in total. The van der Waals surface area contributed by atoms with E-state index in [-0.39, 0.29) is 11.7 Å². The van der Waals surface area contributed by atoms with Gasteiger partial charge in [-0.25, -0.2) is 4.79 Å². The highest BCUT2D eigenvalue weighted by Gasteiger charge is 2.38. The van der Waals surface area contributed by atoms with Crippen LogP contribution >= 0.6 is 0 Å². The van der Waals surface area contributed by atoms with Crippen LogP contribution in [0, 0.1) is 0 Å². The second kappa shape index (κ2) is 7.80. The second-order valence-electron chi connectivity index (χ2n) is 7.14. The molecule has 2 atom stereocenters. The molecule has 0 bridgehead atoms. The maximum absolute atomic E-state index is 13.3. The monoisotopic (exact) mass is 368 g/mol. The van der Waals surface area contributed by atoms with Gasteiger partial charge in [-0.05, 0) is 49.3 Å². The fraction of sp³-hybridized carbons (Fsp3) is 0.333. The topological polar surface area (TPSA) is 81.1 Å². The number of hydrogen-bond donors (Lipinski definition) is 2. The lowest BCUT2D eigenvalue weighted by atomic mass is 9.92. The molecule has 0 saturated heterocycles. The number of carboxylic acid groups (broad SMARTS) is 1. The van der Waals surface area contributed by atoms with Crippen LogP contribution in [0.1, 0.15) is 16.7 Å². The minimum Gasteiger partial charge on any atom is -0.508 e. The summed E-state index contributed by atoms with van der Waals surface area (Å²) in [6.07, 6.45) is 0.757. The molecule has 0 aromatic heterocycles. The molecular formula is C21H24N2O4. The van der Waals surface area contributed by atoms with Crippen molar-refractivity contribution in [3.8, 4) is 5.75 Å². The van der Waals surface area contributed by atoms with E-state index in [9.17, 15) is 19.8 Å². The zero-order chi connectivity index (χ0) is 19.6. The van der Waals surface area contributed by atoms with Gasteiger partial charge in [-0.2, -0.15) is 0 Å². The van der Waals surface area contributed by atoms with Crippen LogP contribution in [0.4, 0.5) is 0 Å². The maximum atomic E-state index is 13.3. The molecule has 3 rings (SSSR count). The van der Waals surface area contributed by atoms with Crippen LogP contribution in [-0.2, 0) is 29.0 Å². The highest BCUT2D eigenvalue weighted by Crippen LogP contribution is 2.25. The van der Waals surface area contributed by atoms with Gasteiger partial charge in [0, 0.05) is 13.0 Å². The number of fused-ring (bicyclic) bond motifs is 1. The molecule has 1 aliphatic heterocycles. The van der Waals surface area contributed by atoms with Crippen molar-refractivity contribution in [1.82, 2.24) is 9.80 Å². The Morgan fingerprint density at radius 1 is 1.11 bits per heavy atom. The van der Waals surface area contributed by atoms with Gasteiger partial charge in [-0.15, -0.1) is 0 Å². The van der Waals surface area contributed by atoms with Gasteiger partial charge in [0.05, 0.1) is 6.04 Å². The van der Waals surface area contributed by atoms with E-state index in [1.165, 1.54) is 4.90 Å². The van der Waals surface area contributed by atoms with E-state index in [0.717, 1.165) is 16.7 Å². The average molecular weight is 368 g/mol. The van der Waals surface area contributed by atoms with E-state index in [4.69, 9.17) is 0 Å². The fourth-order valence-electron chi connectivity index (χ4n) is 3.51. The van der Waals surface area contributed by atoms with E-state index in [1.54, 1.807) is 24.3 Å². The van der Waals surface area contributed by atoms with Crippen molar-refractivity contribution in [2.45, 2.75) is 31.5 Å². The van der Waals surface area contributed by atoms with Crippen LogP contribution in [0.15, 0.2) is 48.5 Å². The standard InChI is InChI=1S/C21H24N2O4/c1-22(2)18(11-14-7-9-17(24)10-8-14)20(25)23-13-16-6-4-3-5-15(16)12-19(23)21(26)27/h3-10,18-19,24H,11-13H2,1-2H3,(H,26,27)/t18-,19-/m0/s1. The Balaban J connectivity index is 1.87. The maximum Gasteiger partial charge on any atom is 0.326 e. The first-order valence-electron chi connectivity index (χ1n) is 8.91. The first-order chi connectivity index (χ1) is 12.9. The Morgan fingerprint density at radius 3 is 2.33 bits per heavy atom. The summed E-state index contributed by atoms with van der Waals surface area (Å²) in [5.41, 5.74) is 2.88. The fourth-order valence-corrected chi connectivity index (χ4v) is 3.51. The molecule has 27 heavy (non-hydrogen) atoms. The summed E-state index contributed by atoms with van der Waals surface area (Å²) < 4.78 is 0. The lowest BCUT2D eigenvalue weighted by molar-refractivity contribution is -0.153. The number of amides is 1. The zero-order valence-electron chi connectivity index (χ0n) is 15.5. The Morgan fingerprint density at radius 2 is 1.74 bits per heavy atom. The molecule has 0 radical (unpaired) electrons. The van der Waals surface area contributed by atoms with Crippen molar-refractivity contribution in [3.05, 3.63) is 65.2 Å². The van der Waals surface area contributed by atoms with Gasteiger partial charge in [-0.3, -0.25) is 9.69 Å². The van der Waals surface area contributed by atoms with Crippen LogP contribution < -0.4 is 0 Å². The first-order valence-corrected chi connectivity index (χ1v) is 8.91. The van der Waals surface area contributed by atoms with E-state index < -0.39 is 18.1 Å². The number of phenolic OH excluding ortho intramolecular Hbond substituents is 1. The van der Waals surface area contributed by atoms with Gasteiger partial charge in [-0.1, -0.05) is 36.4 Å². The molecule has 0 saturated carbocycles. The lowest BCUT2D eigenvalue weighted by Gasteiger charge is -2.38. The number of aromatic hydroxyl groups is 1. The van der Waals surface area contributed by atoms with Gasteiger partial charge in [0.25, 0.3) is 0 Å². The normalized spacial score (nSPS) is 17.4. The van der Waals surface area contributed by atoms with Gasteiger partial charge in [0.1, 0.15) is 11.8 Å². The minimum absolute atomic E-state index is 0.171. The Bertz CT molecular complexity index is 832. The molecule has 0 aliphatic carbocycles. The van der Waals surface area contributed by atoms with Gasteiger partial charge < -0.3 is 15.1 Å². The third-order valence-corrected chi connectivity index (χ3v) is 5.09. The van der Waals surface area contributed by atoms with Crippen molar-refractivity contribution in [1.29, 1.82) is 0 Å². The average Bonchev–Trinajstić information content (AvgIpc) is 2.65. The quantitative estimate of drug-likeness (QED) is 0.843. The number of carboxylic acids is 1. The summed E-state index contributed by atoms with van der Waals surface area (Å²) >= 11 is 0. The summed E-state index contributed by atoms with van der Waals surface area (Å²) in [5.74, 6) is -1.01. The zero-order valence-corrected chi connectivity index (χ0v) is 15.5. The Hall–Kier alpha value is -2.86. The van der Waals surface area contributed by atoms with Crippen molar-refractivity contribution in [2.75, 3.05) is 14.1 Å². The number of rotatable bonds is 5. The van der Waals surface area contributed by atoms with Crippen molar-refractivity contribution in [3.63, 3.8) is 0 Å². The van der Waals surface area contributed by atoms with Gasteiger partial charge in [0.2, 0.25) is 5.91 Å². The lowest BCUT2D eigenvalue weighted by Crippen LogP contribution is -2.55. The molecule has 142 valence electrons. The summed E-state index contributed by atoms with van der Waals surface area (Å²) in [7, 11) is 3.63. The number of carbonyl (C=O) groups excluding carboxylic acids is 1. The number of benzene rings is 2. The van der Waals surface area contributed by atoms with Crippen molar-refractivity contribution < 1.29 is 19.8 Å². The number of nitrogens with zero attached hydrogens (tertiary/aromatic N) is 2. The van der Waals surface area contributed by atoms with Crippen LogP contribution in [0.2, 0.25) is 0 Å². The van der Waals surface area contributed by atoms with E-state index in [2.05, 4.69) is 0 Å². The Kier molecular flexibility index (Phi) is 5.46. The smallest absolute Gasteiger partial charge is 0.326 e. The summed E-state index contributed by atoms with van der Waals surface area (Å²) in [4.78, 5) is 28.4. The molecule has 2 aromatic carbocycles. The van der Waals surface area contributed by atoms with Crippen molar-refractivity contribution in [2.24, 2.45) is 0 Å². The summed E-state index contributed by atoms with van der Waals surface area (Å²) in [6.45, 7) is 0.298. The van der Waals surface area contributed by atoms with Crippen LogP contribution in [0.5, 0.6) is 5.75 Å². The highest BCUT2D eigenvalue weighted by atomic mass is 16.4. The number of hydrogen-bond acceptors (Lipinski definition) is 4. The minimum atomic E-state index is -0.986. The predicted molar refractivity (Wildman–Crippen MR) is 101 cm³/mol. The molecule has 0 fully saturated rings. The number of carbonyl (C=O) groups is 2. The van der Waals surface area contributed by atoms with Crippen LogP contribution in [-0.4, -0.2) is 58.1 Å². The third kappa shape index (κ3) is 4.11. The molecule has 2 aromatic rings. The molecule has 6 heteroatoms. The highest BCUT2D eigenvalue weighted by molar-refractivity contribution is 5.88. The van der Waals surface area contributed by atoms with Gasteiger partial charge in [0.15, 0.2) is 0 Å². The van der Waals surface area contributed by atoms with Crippen molar-refractivity contribution >= 4 is 11.9 Å². The largest absolute Gasteiger partial charge is 0.508 e. The molecule has 0 spiro atoms. The Labute approximate surface area is 158 Å². The molecule has 1 aliphatic rings.